The number of ether oxygens (including phenoxy) is 1. The molecule has 0 aliphatic heterocycles. The van der Waals surface area contributed by atoms with Gasteiger partial charge in [0.05, 0.1) is 12.1 Å². The number of methoxy groups -OCH3 is 1. The molecule has 0 saturated heterocycles. The molecule has 3 aromatic rings. The van der Waals surface area contributed by atoms with Crippen LogP contribution in [0.2, 0.25) is 5.02 Å². The van der Waals surface area contributed by atoms with Crippen molar-refractivity contribution in [3.05, 3.63) is 77.1 Å². The van der Waals surface area contributed by atoms with Crippen LogP contribution < -0.4 is 15.0 Å². The number of aromatic nitrogens is 2. The highest BCUT2D eigenvalue weighted by Crippen LogP contribution is 2.27. The molecule has 28 heavy (non-hydrogen) atoms. The van der Waals surface area contributed by atoms with Crippen LogP contribution in [0.25, 0.3) is 0 Å². The third-order valence-electron chi connectivity index (χ3n) is 4.17. The summed E-state index contributed by atoms with van der Waals surface area (Å²) < 4.78 is 5.12. The summed E-state index contributed by atoms with van der Waals surface area (Å²) in [5.41, 5.74) is 1.99. The second kappa shape index (κ2) is 9.19. The fourth-order valence-electron chi connectivity index (χ4n) is 2.69. The largest absolute Gasteiger partial charge is 0.495 e. The molecule has 0 radical (unpaired) electrons. The van der Waals surface area contributed by atoms with Gasteiger partial charge in [0, 0.05) is 25.0 Å². The van der Waals surface area contributed by atoms with E-state index >= 15 is 0 Å². The van der Waals surface area contributed by atoms with E-state index in [1.807, 2.05) is 42.2 Å². The van der Waals surface area contributed by atoms with Crippen molar-refractivity contribution in [3.8, 4) is 5.75 Å². The number of benzene rings is 2. The first-order valence-electron chi connectivity index (χ1n) is 8.87. The van der Waals surface area contributed by atoms with Gasteiger partial charge in [-0.15, -0.1) is 0 Å². The molecule has 0 atom stereocenters. The molecule has 0 bridgehead atoms. The average molecular weight is 397 g/mol. The van der Waals surface area contributed by atoms with E-state index in [4.69, 9.17) is 16.3 Å². The number of carbonyl (C=O) groups excluding carboxylic acids is 1. The van der Waals surface area contributed by atoms with E-state index < -0.39 is 0 Å². The predicted octanol–water partition coefficient (Wildman–Crippen LogP) is 4.42. The van der Waals surface area contributed by atoms with Crippen molar-refractivity contribution in [2.75, 3.05) is 23.9 Å². The molecule has 3 rings (SSSR count). The third kappa shape index (κ3) is 4.78. The zero-order chi connectivity index (χ0) is 19.9. The standard InChI is InChI=1S/C21H21ClN4O2/c1-3-26(14-15-7-5-4-6-8-15)21-23-12-11-18(25-21)20(27)24-16-9-10-19(28-2)17(22)13-16/h4-13H,3,14H2,1-2H3,(H,24,27). The molecule has 2 aromatic carbocycles. The molecule has 7 heteroatoms. The maximum atomic E-state index is 12.6. The second-order valence-electron chi connectivity index (χ2n) is 6.05. The number of carbonyl (C=O) groups is 1. The number of halogens is 1. The number of hydrogen-bond acceptors (Lipinski definition) is 5. The number of rotatable bonds is 7. The van der Waals surface area contributed by atoms with Crippen molar-refractivity contribution in [2.24, 2.45) is 0 Å². The Balaban J connectivity index is 1.76. The Bertz CT molecular complexity index is 950. The summed E-state index contributed by atoms with van der Waals surface area (Å²) in [5.74, 6) is 0.718. The van der Waals surface area contributed by atoms with Gasteiger partial charge in [-0.05, 0) is 36.8 Å². The first kappa shape index (κ1) is 19.6. The van der Waals surface area contributed by atoms with Crippen molar-refractivity contribution in [1.29, 1.82) is 0 Å². The summed E-state index contributed by atoms with van der Waals surface area (Å²) in [6.07, 6.45) is 1.59. The van der Waals surface area contributed by atoms with E-state index in [0.29, 0.717) is 35.5 Å². The minimum Gasteiger partial charge on any atom is -0.495 e. The Kier molecular flexibility index (Phi) is 6.45. The molecular formula is C21H21ClN4O2. The zero-order valence-electron chi connectivity index (χ0n) is 15.7. The molecule has 144 valence electrons. The summed E-state index contributed by atoms with van der Waals surface area (Å²) in [6.45, 7) is 3.41. The first-order chi connectivity index (χ1) is 13.6. The Labute approximate surface area is 169 Å². The molecule has 6 nitrogen and oxygen atoms in total. The number of hydrogen-bond donors (Lipinski definition) is 1. The van der Waals surface area contributed by atoms with Crippen LogP contribution in [0.3, 0.4) is 0 Å². The molecule has 0 saturated carbocycles. The lowest BCUT2D eigenvalue weighted by Gasteiger charge is -2.21. The van der Waals surface area contributed by atoms with E-state index in [2.05, 4.69) is 15.3 Å². The summed E-state index contributed by atoms with van der Waals surface area (Å²) in [5, 5.41) is 3.22. The van der Waals surface area contributed by atoms with Gasteiger partial charge < -0.3 is 15.0 Å². The van der Waals surface area contributed by atoms with Crippen LogP contribution in [0.1, 0.15) is 23.0 Å². The summed E-state index contributed by atoms with van der Waals surface area (Å²) in [7, 11) is 1.54. The smallest absolute Gasteiger partial charge is 0.274 e. The monoisotopic (exact) mass is 396 g/mol. The second-order valence-corrected chi connectivity index (χ2v) is 6.45. The van der Waals surface area contributed by atoms with Crippen molar-refractivity contribution in [3.63, 3.8) is 0 Å². The maximum Gasteiger partial charge on any atom is 0.274 e. The number of nitrogens with one attached hydrogen (secondary N) is 1. The van der Waals surface area contributed by atoms with Gasteiger partial charge in [0.15, 0.2) is 0 Å². The minimum atomic E-state index is -0.333. The van der Waals surface area contributed by atoms with Crippen LogP contribution in [-0.4, -0.2) is 29.5 Å². The molecule has 0 unspecified atom stereocenters. The highest BCUT2D eigenvalue weighted by molar-refractivity contribution is 6.32. The SMILES string of the molecule is CCN(Cc1ccccc1)c1nccc(C(=O)Nc2ccc(OC)c(Cl)c2)n1. The molecule has 0 aliphatic rings. The lowest BCUT2D eigenvalue weighted by atomic mass is 10.2. The normalized spacial score (nSPS) is 10.4. The molecular weight excluding hydrogens is 376 g/mol. The summed E-state index contributed by atoms with van der Waals surface area (Å²) in [6, 6.07) is 16.7. The zero-order valence-corrected chi connectivity index (χ0v) is 16.5. The Morgan fingerprint density at radius 1 is 1.18 bits per heavy atom. The number of nitrogens with zero attached hydrogens (tertiary/aromatic N) is 3. The Morgan fingerprint density at radius 3 is 2.64 bits per heavy atom. The van der Waals surface area contributed by atoms with E-state index in [1.165, 1.54) is 7.11 Å². The third-order valence-corrected chi connectivity index (χ3v) is 4.46. The maximum absolute atomic E-state index is 12.6. The van der Waals surface area contributed by atoms with Crippen molar-refractivity contribution in [1.82, 2.24) is 9.97 Å². The fourth-order valence-corrected chi connectivity index (χ4v) is 2.95. The molecule has 1 N–H and O–H groups in total. The van der Waals surface area contributed by atoms with Crippen LogP contribution in [0.15, 0.2) is 60.8 Å². The molecule has 0 fully saturated rings. The van der Waals surface area contributed by atoms with E-state index in [1.54, 1.807) is 30.5 Å². The van der Waals surface area contributed by atoms with E-state index in [0.717, 1.165) is 5.56 Å². The van der Waals surface area contributed by atoms with E-state index in [9.17, 15) is 4.79 Å². The van der Waals surface area contributed by atoms with Crippen molar-refractivity contribution in [2.45, 2.75) is 13.5 Å². The molecule has 1 aromatic heterocycles. The van der Waals surface area contributed by atoms with Gasteiger partial charge in [0.2, 0.25) is 5.95 Å². The minimum absolute atomic E-state index is 0.281. The summed E-state index contributed by atoms with van der Waals surface area (Å²) in [4.78, 5) is 23.4. The van der Waals surface area contributed by atoms with Gasteiger partial charge in [-0.1, -0.05) is 41.9 Å². The Morgan fingerprint density at radius 2 is 1.96 bits per heavy atom. The quantitative estimate of drug-likeness (QED) is 0.640. The molecule has 1 heterocycles. The molecule has 0 aliphatic carbocycles. The van der Waals surface area contributed by atoms with Gasteiger partial charge >= 0.3 is 0 Å². The van der Waals surface area contributed by atoms with Crippen LogP contribution >= 0.6 is 11.6 Å². The van der Waals surface area contributed by atoms with Crippen molar-refractivity contribution < 1.29 is 9.53 Å². The average Bonchev–Trinajstić information content (AvgIpc) is 2.73. The van der Waals surface area contributed by atoms with Crippen molar-refractivity contribution >= 4 is 29.1 Å². The lowest BCUT2D eigenvalue weighted by molar-refractivity contribution is 0.102. The van der Waals surface area contributed by atoms with Crippen LogP contribution in [0.5, 0.6) is 5.75 Å². The molecule has 0 spiro atoms. The topological polar surface area (TPSA) is 67.4 Å². The first-order valence-corrected chi connectivity index (χ1v) is 9.25. The lowest BCUT2D eigenvalue weighted by Crippen LogP contribution is -2.25. The summed E-state index contributed by atoms with van der Waals surface area (Å²) >= 11 is 6.11. The van der Waals surface area contributed by atoms with Gasteiger partial charge in [-0.2, -0.15) is 0 Å². The number of anilines is 2. The highest BCUT2D eigenvalue weighted by Gasteiger charge is 2.14. The van der Waals surface area contributed by atoms with Crippen LogP contribution in [0, 0.1) is 0 Å². The van der Waals surface area contributed by atoms with Gasteiger partial charge in [0.25, 0.3) is 5.91 Å². The number of amides is 1. The fraction of sp³-hybridized carbons (Fsp3) is 0.190. The van der Waals surface area contributed by atoms with E-state index in [-0.39, 0.29) is 11.6 Å². The van der Waals surface area contributed by atoms with Crippen LogP contribution in [-0.2, 0) is 6.54 Å². The van der Waals surface area contributed by atoms with Gasteiger partial charge in [0.1, 0.15) is 11.4 Å². The Hall–Kier alpha value is -3.12. The highest BCUT2D eigenvalue weighted by atomic mass is 35.5. The van der Waals surface area contributed by atoms with Crippen LogP contribution in [0.4, 0.5) is 11.6 Å². The van der Waals surface area contributed by atoms with Gasteiger partial charge in [-0.25, -0.2) is 9.97 Å². The van der Waals surface area contributed by atoms with Gasteiger partial charge in [-0.3, -0.25) is 4.79 Å². The molecule has 1 amide bonds. The predicted molar refractivity (Wildman–Crippen MR) is 111 cm³/mol.